The van der Waals surface area contributed by atoms with Gasteiger partial charge in [0.15, 0.2) is 5.75 Å². The molecule has 32 heavy (non-hydrogen) atoms. The van der Waals surface area contributed by atoms with E-state index in [9.17, 15) is 23.9 Å². The molecule has 0 radical (unpaired) electrons. The summed E-state index contributed by atoms with van der Waals surface area (Å²) in [6.45, 7) is 0. The van der Waals surface area contributed by atoms with Crippen molar-refractivity contribution in [2.45, 2.75) is 18.6 Å². The molecule has 1 aromatic carbocycles. The van der Waals surface area contributed by atoms with Gasteiger partial charge < -0.3 is 19.4 Å². The smallest absolute Gasteiger partial charge is 0.341 e. The Kier molecular flexibility index (Phi) is 4.33. The van der Waals surface area contributed by atoms with Gasteiger partial charge in [0.2, 0.25) is 11.0 Å². The monoisotopic (exact) mass is 439 g/mol. The number of fused-ring (bicyclic) bond motifs is 2. The second kappa shape index (κ2) is 6.98. The van der Waals surface area contributed by atoms with Gasteiger partial charge in [0.25, 0.3) is 0 Å². The number of aromatic nitrogens is 3. The summed E-state index contributed by atoms with van der Waals surface area (Å²) in [6, 6.07) is 4.67. The van der Waals surface area contributed by atoms with E-state index in [4.69, 9.17) is 4.74 Å². The molecule has 0 unspecified atom stereocenters. The molecule has 5 rings (SSSR count). The minimum Gasteiger partial charge on any atom is -0.494 e. The van der Waals surface area contributed by atoms with Crippen LogP contribution in [-0.4, -0.2) is 38.9 Å². The van der Waals surface area contributed by atoms with Crippen LogP contribution in [0.15, 0.2) is 46.2 Å². The number of aromatic amines is 1. The lowest BCUT2D eigenvalue weighted by Gasteiger charge is -2.18. The third kappa shape index (κ3) is 2.95. The Morgan fingerprint density at radius 1 is 1.31 bits per heavy atom. The lowest BCUT2D eigenvalue weighted by Crippen LogP contribution is -2.20. The first-order valence-electron chi connectivity index (χ1n) is 9.62. The lowest BCUT2D eigenvalue weighted by molar-refractivity contribution is 0.0694. The van der Waals surface area contributed by atoms with Crippen LogP contribution < -0.4 is 15.7 Å². The zero-order valence-corrected chi connectivity index (χ0v) is 16.6. The highest BCUT2D eigenvalue weighted by Crippen LogP contribution is 2.45. The van der Waals surface area contributed by atoms with Crippen molar-refractivity contribution in [1.82, 2.24) is 14.5 Å². The molecule has 0 bridgehead atoms. The summed E-state index contributed by atoms with van der Waals surface area (Å²) >= 11 is 0. The van der Waals surface area contributed by atoms with Crippen LogP contribution in [0.4, 0.5) is 8.78 Å². The highest BCUT2D eigenvalue weighted by atomic mass is 19.1. The van der Waals surface area contributed by atoms with Crippen LogP contribution in [0.2, 0.25) is 0 Å². The molecular weight excluding hydrogens is 424 g/mol. The standard InChI is InChI=1S/C22H15F2N3O5/c1-32-20-17(10-4-9-2-3-16(28)26-21(9)25-7-10)14(24)5-11-18(20)27(15-6-13(15)23)8-12(19(11)29)22(30)31/h2-5,7-8,13,15H,6H2,1H3,(H,30,31)(H,25,26,28)/t13-,15+/m0/s1. The van der Waals surface area contributed by atoms with Crippen molar-refractivity contribution >= 4 is 27.9 Å². The van der Waals surface area contributed by atoms with Gasteiger partial charge in [-0.15, -0.1) is 0 Å². The summed E-state index contributed by atoms with van der Waals surface area (Å²) in [6.07, 6.45) is 1.33. The number of pyridine rings is 3. The number of H-pyrrole nitrogens is 1. The number of methoxy groups -OCH3 is 1. The number of rotatable bonds is 4. The quantitative estimate of drug-likeness (QED) is 0.505. The highest BCUT2D eigenvalue weighted by Gasteiger charge is 2.41. The van der Waals surface area contributed by atoms with Gasteiger partial charge in [-0.25, -0.2) is 18.6 Å². The number of nitrogens with one attached hydrogen (secondary N) is 1. The molecule has 3 aromatic heterocycles. The Labute approximate surface area is 177 Å². The largest absolute Gasteiger partial charge is 0.494 e. The van der Waals surface area contributed by atoms with E-state index in [2.05, 4.69) is 9.97 Å². The van der Waals surface area contributed by atoms with E-state index in [0.29, 0.717) is 16.6 Å². The van der Waals surface area contributed by atoms with Crippen LogP contribution in [0.25, 0.3) is 33.1 Å². The Morgan fingerprint density at radius 2 is 2.06 bits per heavy atom. The van der Waals surface area contributed by atoms with Crippen molar-refractivity contribution in [3.63, 3.8) is 0 Å². The van der Waals surface area contributed by atoms with Crippen molar-refractivity contribution in [3.8, 4) is 16.9 Å². The number of hydrogen-bond donors (Lipinski definition) is 2. The third-order valence-corrected chi connectivity index (χ3v) is 5.56. The number of carboxylic acid groups (broad SMARTS) is 1. The van der Waals surface area contributed by atoms with Crippen molar-refractivity contribution in [2.24, 2.45) is 0 Å². The predicted octanol–water partition coefficient (Wildman–Crippen LogP) is 3.03. The van der Waals surface area contributed by atoms with Crippen LogP contribution in [0.5, 0.6) is 5.75 Å². The van der Waals surface area contributed by atoms with Gasteiger partial charge in [-0.3, -0.25) is 9.59 Å². The molecule has 0 amide bonds. The Morgan fingerprint density at radius 3 is 2.72 bits per heavy atom. The van der Waals surface area contributed by atoms with Gasteiger partial charge in [-0.2, -0.15) is 0 Å². The summed E-state index contributed by atoms with van der Waals surface area (Å²) in [5.41, 5.74) is -1.12. The molecule has 1 aliphatic carbocycles. The summed E-state index contributed by atoms with van der Waals surface area (Å²) < 4.78 is 36.1. The predicted molar refractivity (Wildman–Crippen MR) is 112 cm³/mol. The van der Waals surface area contributed by atoms with Gasteiger partial charge in [0.1, 0.15) is 23.2 Å². The molecule has 2 N–H and O–H groups in total. The Hall–Kier alpha value is -4.08. The number of nitrogens with zero attached hydrogens (tertiary/aromatic N) is 2. The third-order valence-electron chi connectivity index (χ3n) is 5.56. The zero-order chi connectivity index (χ0) is 22.7. The number of benzene rings is 1. The molecule has 0 saturated heterocycles. The fraction of sp³-hybridized carbons (Fsp3) is 0.182. The Bertz CT molecular complexity index is 1560. The van der Waals surface area contributed by atoms with Crippen LogP contribution >= 0.6 is 0 Å². The van der Waals surface area contributed by atoms with Gasteiger partial charge >= 0.3 is 5.97 Å². The molecule has 0 spiro atoms. The number of ether oxygens (including phenoxy) is 1. The molecule has 0 aliphatic heterocycles. The Balaban J connectivity index is 1.87. The minimum absolute atomic E-state index is 0.0205. The number of aromatic carboxylic acids is 1. The van der Waals surface area contributed by atoms with Crippen LogP contribution in [-0.2, 0) is 0 Å². The maximum atomic E-state index is 15.3. The molecule has 8 nitrogen and oxygen atoms in total. The second-order valence-electron chi connectivity index (χ2n) is 7.55. The van der Waals surface area contributed by atoms with Crippen LogP contribution in [0, 0.1) is 5.82 Å². The fourth-order valence-electron chi connectivity index (χ4n) is 3.95. The molecule has 2 atom stereocenters. The van der Waals surface area contributed by atoms with Gasteiger partial charge in [0.05, 0.1) is 29.6 Å². The van der Waals surface area contributed by atoms with E-state index in [1.807, 2.05) is 0 Å². The van der Waals surface area contributed by atoms with Crippen molar-refractivity contribution in [1.29, 1.82) is 0 Å². The first-order valence-corrected chi connectivity index (χ1v) is 9.62. The molecule has 3 heterocycles. The number of alkyl halides is 1. The molecule has 162 valence electrons. The SMILES string of the molecule is COc1c(-c2cnc3[nH]c(=O)ccc3c2)c(F)cc2c(=O)c(C(=O)O)cn([C@@H]3C[C@@H]3F)c12. The van der Waals surface area contributed by atoms with Gasteiger partial charge in [-0.1, -0.05) is 0 Å². The van der Waals surface area contributed by atoms with E-state index in [-0.39, 0.29) is 34.2 Å². The number of carbonyl (C=O) groups is 1. The summed E-state index contributed by atoms with van der Waals surface area (Å²) in [5.74, 6) is -2.37. The average Bonchev–Trinajstić information content (AvgIpc) is 3.49. The zero-order valence-electron chi connectivity index (χ0n) is 16.6. The normalized spacial score (nSPS) is 17.6. The second-order valence-corrected chi connectivity index (χ2v) is 7.55. The lowest BCUT2D eigenvalue weighted by atomic mass is 10.00. The van der Waals surface area contributed by atoms with Crippen LogP contribution in [0.1, 0.15) is 22.8 Å². The van der Waals surface area contributed by atoms with Crippen LogP contribution in [0.3, 0.4) is 0 Å². The van der Waals surface area contributed by atoms with Crippen molar-refractivity contribution in [3.05, 3.63) is 68.6 Å². The topological polar surface area (TPSA) is 114 Å². The van der Waals surface area contributed by atoms with E-state index in [1.165, 1.54) is 30.0 Å². The molecule has 4 aromatic rings. The van der Waals surface area contributed by atoms with E-state index in [1.54, 1.807) is 6.07 Å². The number of halogens is 2. The number of hydrogen-bond acceptors (Lipinski definition) is 5. The van der Waals surface area contributed by atoms with Gasteiger partial charge in [0, 0.05) is 35.8 Å². The fourth-order valence-corrected chi connectivity index (χ4v) is 3.95. The van der Waals surface area contributed by atoms with Crippen molar-refractivity contribution in [2.75, 3.05) is 7.11 Å². The first kappa shape index (κ1) is 19.9. The summed E-state index contributed by atoms with van der Waals surface area (Å²) in [7, 11) is 1.28. The van der Waals surface area contributed by atoms with E-state index in [0.717, 1.165) is 12.3 Å². The summed E-state index contributed by atoms with van der Waals surface area (Å²) in [5, 5.41) is 9.71. The van der Waals surface area contributed by atoms with Gasteiger partial charge in [-0.05, 0) is 18.2 Å². The minimum atomic E-state index is -1.49. The van der Waals surface area contributed by atoms with E-state index >= 15 is 4.39 Å². The molecular formula is C22H15F2N3O5. The average molecular weight is 439 g/mol. The molecule has 1 aliphatic rings. The molecule has 1 fully saturated rings. The maximum Gasteiger partial charge on any atom is 0.341 e. The summed E-state index contributed by atoms with van der Waals surface area (Å²) in [4.78, 5) is 42.6. The highest BCUT2D eigenvalue weighted by molar-refractivity contribution is 5.98. The van der Waals surface area contributed by atoms with E-state index < -0.39 is 35.0 Å². The maximum absolute atomic E-state index is 15.3. The first-order chi connectivity index (χ1) is 15.3. The van der Waals surface area contributed by atoms with Crippen molar-refractivity contribution < 1.29 is 23.4 Å². The molecule has 10 heteroatoms. The molecule has 1 saturated carbocycles. The number of carboxylic acids is 1.